The van der Waals surface area contributed by atoms with Gasteiger partial charge in [0.2, 0.25) is 0 Å². The second-order valence-electron chi connectivity index (χ2n) is 6.32. The van der Waals surface area contributed by atoms with E-state index < -0.39 is 0 Å². The van der Waals surface area contributed by atoms with Crippen molar-refractivity contribution in [1.82, 2.24) is 4.90 Å². The van der Waals surface area contributed by atoms with Crippen molar-refractivity contribution >= 4 is 0 Å². The van der Waals surface area contributed by atoms with Crippen molar-refractivity contribution < 1.29 is 4.74 Å². The number of hydrogen-bond acceptors (Lipinski definition) is 2. The molecule has 0 aliphatic heterocycles. The average Bonchev–Trinajstić information content (AvgIpc) is 2.89. The molecular weight excluding hydrogens is 270 g/mol. The van der Waals surface area contributed by atoms with E-state index in [2.05, 4.69) is 67.5 Å². The van der Waals surface area contributed by atoms with Crippen LogP contribution < -0.4 is 4.74 Å². The predicted octanol–water partition coefficient (Wildman–Crippen LogP) is 4.42. The molecule has 0 saturated carbocycles. The zero-order chi connectivity index (χ0) is 15.5. The van der Waals surface area contributed by atoms with E-state index in [1.807, 2.05) is 6.92 Å². The minimum atomic E-state index is 0.545. The monoisotopic (exact) mass is 295 g/mol. The number of nitrogens with zero attached hydrogens (tertiary/aromatic N) is 1. The van der Waals surface area contributed by atoms with Gasteiger partial charge in [0.05, 0.1) is 6.61 Å². The predicted molar refractivity (Wildman–Crippen MR) is 91.5 cm³/mol. The molecular formula is C20H25NO. The smallest absolute Gasteiger partial charge is 0.119 e. The topological polar surface area (TPSA) is 12.5 Å². The Morgan fingerprint density at radius 2 is 1.68 bits per heavy atom. The van der Waals surface area contributed by atoms with Crippen molar-refractivity contribution in [2.24, 2.45) is 0 Å². The standard InChI is InChI=1S/C20H25NO/c1-4-22-17-11-9-15(10-12-17)13-16-14-20(21(2)3)19-8-6-5-7-18(16)19/h5-12,16,20H,4,13-14H2,1-3H3. The minimum Gasteiger partial charge on any atom is -0.494 e. The summed E-state index contributed by atoms with van der Waals surface area (Å²) >= 11 is 0. The third-order valence-corrected chi connectivity index (χ3v) is 4.64. The van der Waals surface area contributed by atoms with Crippen LogP contribution in [0.3, 0.4) is 0 Å². The van der Waals surface area contributed by atoms with Crippen LogP contribution in [0.4, 0.5) is 0 Å². The maximum atomic E-state index is 5.53. The quantitative estimate of drug-likeness (QED) is 0.809. The number of rotatable bonds is 5. The van der Waals surface area contributed by atoms with Crippen LogP contribution >= 0.6 is 0 Å². The zero-order valence-corrected chi connectivity index (χ0v) is 13.8. The number of fused-ring (bicyclic) bond motifs is 1. The molecule has 2 aromatic rings. The van der Waals surface area contributed by atoms with Gasteiger partial charge in [-0.25, -0.2) is 0 Å². The number of ether oxygens (including phenoxy) is 1. The van der Waals surface area contributed by atoms with Crippen molar-refractivity contribution in [2.45, 2.75) is 31.7 Å². The molecule has 0 spiro atoms. The SMILES string of the molecule is CCOc1ccc(CC2CC(N(C)C)c3ccccc32)cc1. The first-order valence-corrected chi connectivity index (χ1v) is 8.16. The molecule has 0 radical (unpaired) electrons. The molecule has 0 fully saturated rings. The molecule has 0 bridgehead atoms. The molecule has 2 unspecified atom stereocenters. The molecule has 2 nitrogen and oxygen atoms in total. The Labute approximate surface area is 133 Å². The van der Waals surface area contributed by atoms with E-state index in [0.717, 1.165) is 18.8 Å². The summed E-state index contributed by atoms with van der Waals surface area (Å²) in [4.78, 5) is 2.34. The van der Waals surface area contributed by atoms with Crippen molar-refractivity contribution in [3.63, 3.8) is 0 Å². The molecule has 116 valence electrons. The lowest BCUT2D eigenvalue weighted by molar-refractivity contribution is 0.288. The van der Waals surface area contributed by atoms with Gasteiger partial charge in [-0.2, -0.15) is 0 Å². The maximum absolute atomic E-state index is 5.53. The second-order valence-corrected chi connectivity index (χ2v) is 6.32. The molecule has 2 heteroatoms. The van der Waals surface area contributed by atoms with Gasteiger partial charge < -0.3 is 9.64 Å². The first kappa shape index (κ1) is 15.1. The molecule has 1 aliphatic rings. The lowest BCUT2D eigenvalue weighted by atomic mass is 9.93. The fourth-order valence-corrected chi connectivity index (χ4v) is 3.56. The van der Waals surface area contributed by atoms with Crippen LogP contribution in [0.2, 0.25) is 0 Å². The Hall–Kier alpha value is -1.80. The van der Waals surface area contributed by atoms with Gasteiger partial charge in [0, 0.05) is 6.04 Å². The summed E-state index contributed by atoms with van der Waals surface area (Å²) < 4.78 is 5.53. The van der Waals surface area contributed by atoms with E-state index in [1.165, 1.54) is 23.1 Å². The third-order valence-electron chi connectivity index (χ3n) is 4.64. The van der Waals surface area contributed by atoms with E-state index >= 15 is 0 Å². The molecule has 0 aromatic heterocycles. The number of hydrogen-bond donors (Lipinski definition) is 0. The second kappa shape index (κ2) is 6.53. The first-order valence-electron chi connectivity index (χ1n) is 8.16. The van der Waals surface area contributed by atoms with Gasteiger partial charge in [-0.3, -0.25) is 0 Å². The van der Waals surface area contributed by atoms with E-state index in [9.17, 15) is 0 Å². The molecule has 1 aliphatic carbocycles. The molecule has 3 rings (SSSR count). The molecule has 0 heterocycles. The van der Waals surface area contributed by atoms with Crippen LogP contribution in [0.1, 0.15) is 42.0 Å². The fourth-order valence-electron chi connectivity index (χ4n) is 3.56. The van der Waals surface area contributed by atoms with Gasteiger partial charge in [-0.05, 0) is 68.6 Å². The van der Waals surface area contributed by atoms with Gasteiger partial charge in [0.25, 0.3) is 0 Å². The van der Waals surface area contributed by atoms with E-state index in [4.69, 9.17) is 4.74 Å². The Balaban J connectivity index is 1.78. The Bertz CT molecular complexity index is 618. The normalized spacial score (nSPS) is 20.2. The average molecular weight is 295 g/mol. The molecule has 0 saturated heterocycles. The fraction of sp³-hybridized carbons (Fsp3) is 0.400. The summed E-state index contributed by atoms with van der Waals surface area (Å²) in [5.74, 6) is 1.57. The molecule has 0 N–H and O–H groups in total. The summed E-state index contributed by atoms with van der Waals surface area (Å²) in [5.41, 5.74) is 4.42. The summed E-state index contributed by atoms with van der Waals surface area (Å²) in [7, 11) is 4.36. The lowest BCUT2D eigenvalue weighted by Gasteiger charge is -2.20. The minimum absolute atomic E-state index is 0.545. The largest absolute Gasteiger partial charge is 0.494 e. The maximum Gasteiger partial charge on any atom is 0.119 e. The molecule has 0 amide bonds. The highest BCUT2D eigenvalue weighted by Gasteiger charge is 2.31. The molecule has 2 atom stereocenters. The van der Waals surface area contributed by atoms with Gasteiger partial charge in [0.15, 0.2) is 0 Å². The van der Waals surface area contributed by atoms with Crippen LogP contribution in [0, 0.1) is 0 Å². The van der Waals surface area contributed by atoms with Crippen molar-refractivity contribution in [2.75, 3.05) is 20.7 Å². The van der Waals surface area contributed by atoms with Crippen molar-refractivity contribution in [3.05, 3.63) is 65.2 Å². The van der Waals surface area contributed by atoms with Gasteiger partial charge in [-0.1, -0.05) is 36.4 Å². The highest BCUT2D eigenvalue weighted by molar-refractivity contribution is 5.39. The zero-order valence-electron chi connectivity index (χ0n) is 13.8. The summed E-state index contributed by atoms with van der Waals surface area (Å²) in [6.07, 6.45) is 2.31. The van der Waals surface area contributed by atoms with Crippen LogP contribution in [0.25, 0.3) is 0 Å². The van der Waals surface area contributed by atoms with Crippen LogP contribution in [0.5, 0.6) is 5.75 Å². The molecule has 22 heavy (non-hydrogen) atoms. The van der Waals surface area contributed by atoms with Crippen LogP contribution in [0.15, 0.2) is 48.5 Å². The van der Waals surface area contributed by atoms with Gasteiger partial charge in [-0.15, -0.1) is 0 Å². The van der Waals surface area contributed by atoms with Crippen molar-refractivity contribution in [3.8, 4) is 5.75 Å². The Morgan fingerprint density at radius 3 is 2.32 bits per heavy atom. The van der Waals surface area contributed by atoms with Crippen LogP contribution in [-0.4, -0.2) is 25.6 Å². The first-order chi connectivity index (χ1) is 10.7. The highest BCUT2D eigenvalue weighted by Crippen LogP contribution is 2.44. The summed E-state index contributed by atoms with van der Waals surface area (Å²) in [5, 5.41) is 0. The van der Waals surface area contributed by atoms with E-state index in [0.29, 0.717) is 12.0 Å². The van der Waals surface area contributed by atoms with E-state index in [1.54, 1.807) is 0 Å². The highest BCUT2D eigenvalue weighted by atomic mass is 16.5. The van der Waals surface area contributed by atoms with Gasteiger partial charge in [0.1, 0.15) is 5.75 Å². The van der Waals surface area contributed by atoms with Crippen LogP contribution in [-0.2, 0) is 6.42 Å². The van der Waals surface area contributed by atoms with Crippen molar-refractivity contribution in [1.29, 1.82) is 0 Å². The Kier molecular flexibility index (Phi) is 4.49. The summed E-state index contributed by atoms with van der Waals surface area (Å²) in [6, 6.07) is 18.1. The Morgan fingerprint density at radius 1 is 1.00 bits per heavy atom. The summed E-state index contributed by atoms with van der Waals surface area (Å²) in [6.45, 7) is 2.74. The third kappa shape index (κ3) is 3.02. The number of benzene rings is 2. The van der Waals surface area contributed by atoms with E-state index in [-0.39, 0.29) is 0 Å². The van der Waals surface area contributed by atoms with Gasteiger partial charge >= 0.3 is 0 Å². The lowest BCUT2D eigenvalue weighted by Crippen LogP contribution is -2.17. The molecule has 2 aromatic carbocycles.